The SMILES string of the molecule is CCN(C)CCNC(=NCc1ccccc1)N(C)C. The minimum absolute atomic E-state index is 0.713. The molecule has 0 bridgehead atoms. The number of nitrogens with one attached hydrogen (secondary N) is 1. The molecule has 0 radical (unpaired) electrons. The molecule has 1 rings (SSSR count). The number of benzene rings is 1. The Labute approximate surface area is 117 Å². The van der Waals surface area contributed by atoms with E-state index in [1.807, 2.05) is 37.2 Å². The Bertz CT molecular complexity index is 373. The van der Waals surface area contributed by atoms with Gasteiger partial charge in [-0.2, -0.15) is 0 Å². The van der Waals surface area contributed by atoms with Crippen molar-refractivity contribution in [2.75, 3.05) is 40.8 Å². The van der Waals surface area contributed by atoms with Gasteiger partial charge in [0.15, 0.2) is 5.96 Å². The molecule has 0 aliphatic heterocycles. The lowest BCUT2D eigenvalue weighted by Crippen LogP contribution is -2.40. The molecule has 0 heterocycles. The number of hydrogen-bond acceptors (Lipinski definition) is 2. The molecule has 0 spiro atoms. The van der Waals surface area contributed by atoms with E-state index >= 15 is 0 Å². The van der Waals surface area contributed by atoms with Crippen LogP contribution >= 0.6 is 0 Å². The van der Waals surface area contributed by atoms with Crippen LogP contribution in [-0.2, 0) is 6.54 Å². The zero-order valence-corrected chi connectivity index (χ0v) is 12.6. The zero-order chi connectivity index (χ0) is 14.1. The van der Waals surface area contributed by atoms with E-state index < -0.39 is 0 Å². The van der Waals surface area contributed by atoms with Gasteiger partial charge in [0.25, 0.3) is 0 Å². The van der Waals surface area contributed by atoms with E-state index in [2.05, 4.69) is 41.3 Å². The minimum Gasteiger partial charge on any atom is -0.355 e. The summed E-state index contributed by atoms with van der Waals surface area (Å²) in [4.78, 5) is 8.93. The van der Waals surface area contributed by atoms with Gasteiger partial charge >= 0.3 is 0 Å². The second kappa shape index (κ2) is 8.53. The molecule has 0 amide bonds. The number of hydrogen-bond donors (Lipinski definition) is 1. The second-order valence-corrected chi connectivity index (χ2v) is 4.84. The van der Waals surface area contributed by atoms with Gasteiger partial charge in [0, 0.05) is 27.2 Å². The summed E-state index contributed by atoms with van der Waals surface area (Å²) < 4.78 is 0. The summed E-state index contributed by atoms with van der Waals surface area (Å²) in [5.74, 6) is 0.938. The van der Waals surface area contributed by atoms with Crippen LogP contribution in [0.5, 0.6) is 0 Å². The number of likely N-dealkylation sites (N-methyl/N-ethyl adjacent to an activating group) is 1. The van der Waals surface area contributed by atoms with Crippen molar-refractivity contribution in [1.29, 1.82) is 0 Å². The molecule has 4 nitrogen and oxygen atoms in total. The van der Waals surface area contributed by atoms with E-state index in [4.69, 9.17) is 0 Å². The van der Waals surface area contributed by atoms with Gasteiger partial charge in [-0.3, -0.25) is 0 Å². The van der Waals surface area contributed by atoms with Crippen LogP contribution in [-0.4, -0.2) is 56.5 Å². The second-order valence-electron chi connectivity index (χ2n) is 4.84. The Hall–Kier alpha value is -1.55. The highest BCUT2D eigenvalue weighted by Gasteiger charge is 2.01. The first-order valence-corrected chi connectivity index (χ1v) is 6.81. The van der Waals surface area contributed by atoms with E-state index in [0.29, 0.717) is 6.54 Å². The average molecular weight is 262 g/mol. The lowest BCUT2D eigenvalue weighted by Gasteiger charge is -2.20. The van der Waals surface area contributed by atoms with E-state index in [0.717, 1.165) is 25.6 Å². The Morgan fingerprint density at radius 2 is 1.84 bits per heavy atom. The molecule has 19 heavy (non-hydrogen) atoms. The first-order chi connectivity index (χ1) is 9.13. The van der Waals surface area contributed by atoms with Gasteiger partial charge in [-0.1, -0.05) is 37.3 Å². The van der Waals surface area contributed by atoms with Crippen LogP contribution in [0, 0.1) is 0 Å². The fourth-order valence-corrected chi connectivity index (χ4v) is 1.62. The summed E-state index contributed by atoms with van der Waals surface area (Å²) in [6.07, 6.45) is 0. The third-order valence-corrected chi connectivity index (χ3v) is 2.99. The molecule has 0 saturated carbocycles. The van der Waals surface area contributed by atoms with Gasteiger partial charge in [0.2, 0.25) is 0 Å². The summed E-state index contributed by atoms with van der Waals surface area (Å²) in [6.45, 7) is 5.88. The standard InChI is InChI=1S/C15H26N4/c1-5-19(4)12-11-16-15(18(2)3)17-13-14-9-7-6-8-10-14/h6-10H,5,11-13H2,1-4H3,(H,16,17). The molecule has 0 atom stereocenters. The van der Waals surface area contributed by atoms with Crippen molar-refractivity contribution in [3.8, 4) is 0 Å². The highest BCUT2D eigenvalue weighted by atomic mass is 15.3. The molecule has 1 aromatic rings. The molecular weight excluding hydrogens is 236 g/mol. The van der Waals surface area contributed by atoms with Crippen molar-refractivity contribution in [3.05, 3.63) is 35.9 Å². The summed E-state index contributed by atoms with van der Waals surface area (Å²) in [5.41, 5.74) is 1.23. The van der Waals surface area contributed by atoms with Crippen LogP contribution in [0.2, 0.25) is 0 Å². The van der Waals surface area contributed by atoms with E-state index in [-0.39, 0.29) is 0 Å². The quantitative estimate of drug-likeness (QED) is 0.624. The molecule has 0 fully saturated rings. The van der Waals surface area contributed by atoms with Gasteiger partial charge < -0.3 is 15.1 Å². The molecule has 1 aromatic carbocycles. The topological polar surface area (TPSA) is 30.9 Å². The summed E-state index contributed by atoms with van der Waals surface area (Å²) in [7, 11) is 6.15. The van der Waals surface area contributed by atoms with Crippen molar-refractivity contribution in [3.63, 3.8) is 0 Å². The lowest BCUT2D eigenvalue weighted by molar-refractivity contribution is 0.355. The molecule has 106 valence electrons. The average Bonchev–Trinajstić information content (AvgIpc) is 2.43. The predicted molar refractivity (Wildman–Crippen MR) is 82.4 cm³/mol. The molecule has 0 unspecified atom stereocenters. The van der Waals surface area contributed by atoms with Gasteiger partial charge in [0.1, 0.15) is 0 Å². The summed E-state index contributed by atoms with van der Waals surface area (Å²) >= 11 is 0. The minimum atomic E-state index is 0.713. The highest BCUT2D eigenvalue weighted by Crippen LogP contribution is 2.00. The van der Waals surface area contributed by atoms with Crippen LogP contribution in [0.3, 0.4) is 0 Å². The molecule has 1 N–H and O–H groups in total. The fourth-order valence-electron chi connectivity index (χ4n) is 1.62. The van der Waals surface area contributed by atoms with Crippen LogP contribution < -0.4 is 5.32 Å². The maximum absolute atomic E-state index is 4.63. The Morgan fingerprint density at radius 3 is 2.42 bits per heavy atom. The molecule has 4 heteroatoms. The summed E-state index contributed by atoms with van der Waals surface area (Å²) in [6, 6.07) is 10.3. The van der Waals surface area contributed by atoms with Gasteiger partial charge in [-0.15, -0.1) is 0 Å². The number of aliphatic imine (C=N–C) groups is 1. The zero-order valence-electron chi connectivity index (χ0n) is 12.6. The van der Waals surface area contributed by atoms with Crippen molar-refractivity contribution in [2.45, 2.75) is 13.5 Å². The van der Waals surface area contributed by atoms with Crippen molar-refractivity contribution < 1.29 is 0 Å². The highest BCUT2D eigenvalue weighted by molar-refractivity contribution is 5.79. The van der Waals surface area contributed by atoms with Crippen LogP contribution in [0.1, 0.15) is 12.5 Å². The van der Waals surface area contributed by atoms with Crippen molar-refractivity contribution in [1.82, 2.24) is 15.1 Å². The van der Waals surface area contributed by atoms with Crippen molar-refractivity contribution in [2.24, 2.45) is 4.99 Å². The number of rotatable bonds is 6. The smallest absolute Gasteiger partial charge is 0.193 e. The maximum Gasteiger partial charge on any atom is 0.193 e. The van der Waals surface area contributed by atoms with E-state index in [1.54, 1.807) is 0 Å². The van der Waals surface area contributed by atoms with Gasteiger partial charge in [-0.25, -0.2) is 4.99 Å². The van der Waals surface area contributed by atoms with Gasteiger partial charge in [0.05, 0.1) is 6.54 Å². The third kappa shape index (κ3) is 6.25. The third-order valence-electron chi connectivity index (χ3n) is 2.99. The first kappa shape index (κ1) is 15.5. The van der Waals surface area contributed by atoms with Gasteiger partial charge in [-0.05, 0) is 19.2 Å². The molecule has 0 saturated heterocycles. The van der Waals surface area contributed by atoms with Crippen LogP contribution in [0.4, 0.5) is 0 Å². The number of nitrogens with zero attached hydrogens (tertiary/aromatic N) is 3. The fraction of sp³-hybridized carbons (Fsp3) is 0.533. The van der Waals surface area contributed by atoms with E-state index in [1.165, 1.54) is 5.56 Å². The normalized spacial score (nSPS) is 11.7. The molecule has 0 aromatic heterocycles. The lowest BCUT2D eigenvalue weighted by atomic mass is 10.2. The monoisotopic (exact) mass is 262 g/mol. The Morgan fingerprint density at radius 1 is 1.16 bits per heavy atom. The predicted octanol–water partition coefficient (Wildman–Crippen LogP) is 1.65. The molecule has 0 aliphatic carbocycles. The summed E-state index contributed by atoms with van der Waals surface area (Å²) in [5, 5.41) is 3.39. The Kier molecular flexibility index (Phi) is 6.97. The molecular formula is C15H26N4. The number of guanidine groups is 1. The van der Waals surface area contributed by atoms with Crippen LogP contribution in [0.25, 0.3) is 0 Å². The maximum atomic E-state index is 4.63. The molecule has 0 aliphatic rings. The largest absolute Gasteiger partial charge is 0.355 e. The Balaban J connectivity index is 2.48. The van der Waals surface area contributed by atoms with E-state index in [9.17, 15) is 0 Å². The van der Waals surface area contributed by atoms with Crippen molar-refractivity contribution >= 4 is 5.96 Å². The first-order valence-electron chi connectivity index (χ1n) is 6.81. The van der Waals surface area contributed by atoms with Crippen LogP contribution in [0.15, 0.2) is 35.3 Å².